The van der Waals surface area contributed by atoms with Crippen molar-refractivity contribution in [2.24, 2.45) is 0 Å². The van der Waals surface area contributed by atoms with Crippen molar-refractivity contribution in [3.05, 3.63) is 29.4 Å². The Kier molecular flexibility index (Phi) is 1.71. The zero-order valence-corrected chi connectivity index (χ0v) is 6.84. The highest BCUT2D eigenvalue weighted by molar-refractivity contribution is 7.71. The second-order valence-corrected chi connectivity index (χ2v) is 2.52. The molecule has 0 saturated heterocycles. The van der Waals surface area contributed by atoms with Crippen LogP contribution in [0.1, 0.15) is 0 Å². The molecule has 0 aliphatic carbocycles. The van der Waals surface area contributed by atoms with Gasteiger partial charge in [-0.1, -0.05) is 0 Å². The van der Waals surface area contributed by atoms with Crippen molar-refractivity contribution in [3.8, 4) is 11.4 Å². The first kappa shape index (κ1) is 7.17. The van der Waals surface area contributed by atoms with E-state index in [1.165, 1.54) is 0 Å². The summed E-state index contributed by atoms with van der Waals surface area (Å²) in [5, 5.41) is 2.60. The lowest BCUT2D eigenvalue weighted by molar-refractivity contribution is 0.406. The Balaban J connectivity index is 2.51. The number of rotatable bonds is 1. The van der Waals surface area contributed by atoms with Gasteiger partial charge in [-0.15, -0.1) is 0 Å². The minimum Gasteiger partial charge on any atom is -0.348 e. The molecule has 0 spiro atoms. The Morgan fingerprint density at radius 1 is 1.33 bits per heavy atom. The first-order valence-electron chi connectivity index (χ1n) is 3.32. The second kappa shape index (κ2) is 2.86. The molecular weight excluding hydrogens is 174 g/mol. The molecule has 0 saturated carbocycles. The molecule has 4 nitrogen and oxygen atoms in total. The minimum absolute atomic E-state index is 0.210. The van der Waals surface area contributed by atoms with E-state index < -0.39 is 0 Å². The van der Waals surface area contributed by atoms with Gasteiger partial charge in [-0.05, 0) is 24.4 Å². The lowest BCUT2D eigenvalue weighted by atomic mass is 10.3. The molecule has 2 aromatic heterocycles. The molecule has 1 N–H and O–H groups in total. The van der Waals surface area contributed by atoms with Gasteiger partial charge in [0, 0.05) is 18.0 Å². The van der Waals surface area contributed by atoms with Crippen LogP contribution in [-0.2, 0) is 0 Å². The van der Waals surface area contributed by atoms with Crippen LogP contribution in [-0.4, -0.2) is 15.1 Å². The first-order chi connectivity index (χ1) is 5.86. The Bertz CT molecular complexity index is 419. The summed E-state index contributed by atoms with van der Waals surface area (Å²) in [6.45, 7) is 0. The van der Waals surface area contributed by atoms with E-state index in [0.717, 1.165) is 5.56 Å². The van der Waals surface area contributed by atoms with Crippen LogP contribution in [0.3, 0.4) is 0 Å². The van der Waals surface area contributed by atoms with Crippen LogP contribution in [0.5, 0.6) is 0 Å². The fourth-order valence-corrected chi connectivity index (χ4v) is 0.995. The van der Waals surface area contributed by atoms with E-state index in [1.807, 2.05) is 12.1 Å². The molecule has 0 aromatic carbocycles. The van der Waals surface area contributed by atoms with E-state index in [2.05, 4.69) is 15.1 Å². The predicted octanol–water partition coefficient (Wildman–Crippen LogP) is 1.79. The van der Waals surface area contributed by atoms with Gasteiger partial charge in [-0.2, -0.15) is 4.98 Å². The van der Waals surface area contributed by atoms with E-state index >= 15 is 0 Å². The molecule has 2 aromatic rings. The molecule has 0 aliphatic heterocycles. The molecule has 0 fully saturated rings. The minimum atomic E-state index is 0.210. The Morgan fingerprint density at radius 3 is 2.67 bits per heavy atom. The zero-order valence-electron chi connectivity index (χ0n) is 6.02. The third-order valence-electron chi connectivity index (χ3n) is 1.39. The third-order valence-corrected chi connectivity index (χ3v) is 1.57. The van der Waals surface area contributed by atoms with Crippen LogP contribution in [0.25, 0.3) is 11.4 Å². The Hall–Kier alpha value is -1.49. The summed E-state index contributed by atoms with van der Waals surface area (Å²) in [6.07, 6.45) is 3.36. The van der Waals surface area contributed by atoms with Crippen molar-refractivity contribution < 1.29 is 4.52 Å². The van der Waals surface area contributed by atoms with Crippen LogP contribution in [0.4, 0.5) is 0 Å². The number of H-pyrrole nitrogens is 1. The summed E-state index contributed by atoms with van der Waals surface area (Å²) < 4.78 is 4.78. The molecule has 0 bridgehead atoms. The molecule has 5 heteroatoms. The van der Waals surface area contributed by atoms with Crippen molar-refractivity contribution in [1.29, 1.82) is 0 Å². The van der Waals surface area contributed by atoms with Crippen molar-refractivity contribution in [2.75, 3.05) is 0 Å². The monoisotopic (exact) mass is 179 g/mol. The van der Waals surface area contributed by atoms with Gasteiger partial charge in [0.05, 0.1) is 0 Å². The molecule has 0 aliphatic rings. The van der Waals surface area contributed by atoms with Crippen molar-refractivity contribution >= 4 is 12.2 Å². The van der Waals surface area contributed by atoms with Gasteiger partial charge in [0.2, 0.25) is 0 Å². The lowest BCUT2D eigenvalue weighted by Crippen LogP contribution is -1.79. The topological polar surface area (TPSA) is 54.7 Å². The fourth-order valence-electron chi connectivity index (χ4n) is 0.862. The third kappa shape index (κ3) is 1.26. The molecule has 2 rings (SSSR count). The van der Waals surface area contributed by atoms with E-state index in [-0.39, 0.29) is 4.84 Å². The fraction of sp³-hybridized carbons (Fsp3) is 0. The number of aromatic nitrogens is 3. The standard InChI is InChI=1S/C7H5N3OS/c12-7-9-6(10-11-7)5-1-3-8-4-2-5/h1-4H,(H,9,10,12). The molecule has 60 valence electrons. The van der Waals surface area contributed by atoms with E-state index in [0.29, 0.717) is 5.82 Å². The average molecular weight is 179 g/mol. The van der Waals surface area contributed by atoms with Gasteiger partial charge >= 0.3 is 4.84 Å². The lowest BCUT2D eigenvalue weighted by Gasteiger charge is -1.90. The molecule has 0 atom stereocenters. The normalized spacial score (nSPS) is 10.0. The van der Waals surface area contributed by atoms with Crippen molar-refractivity contribution in [1.82, 2.24) is 15.1 Å². The second-order valence-electron chi connectivity index (χ2n) is 2.17. The molecule has 0 unspecified atom stereocenters. The molecule has 2 heterocycles. The maximum absolute atomic E-state index is 4.78. The number of hydrogen-bond acceptors (Lipinski definition) is 4. The number of pyridine rings is 1. The molecule has 0 amide bonds. The first-order valence-corrected chi connectivity index (χ1v) is 3.73. The van der Waals surface area contributed by atoms with E-state index in [9.17, 15) is 0 Å². The van der Waals surface area contributed by atoms with Crippen LogP contribution in [0.2, 0.25) is 0 Å². The smallest absolute Gasteiger partial charge is 0.314 e. The van der Waals surface area contributed by atoms with Crippen LogP contribution >= 0.6 is 12.2 Å². The summed E-state index contributed by atoms with van der Waals surface area (Å²) in [4.78, 5) is 8.04. The molecule has 0 radical (unpaired) electrons. The summed E-state index contributed by atoms with van der Waals surface area (Å²) in [6, 6.07) is 3.65. The van der Waals surface area contributed by atoms with Crippen LogP contribution in [0.15, 0.2) is 29.0 Å². The number of hydrogen-bond donors (Lipinski definition) is 1. The SMILES string of the molecule is S=c1nc(-c2ccncc2)[nH]o1. The maximum atomic E-state index is 4.78. The van der Waals surface area contributed by atoms with Gasteiger partial charge < -0.3 is 4.52 Å². The van der Waals surface area contributed by atoms with Crippen LogP contribution in [0, 0.1) is 4.84 Å². The van der Waals surface area contributed by atoms with E-state index in [4.69, 9.17) is 16.7 Å². The van der Waals surface area contributed by atoms with Gasteiger partial charge in [-0.3, -0.25) is 4.98 Å². The average Bonchev–Trinajstić information content (AvgIpc) is 2.54. The largest absolute Gasteiger partial charge is 0.348 e. The quantitative estimate of drug-likeness (QED) is 0.678. The van der Waals surface area contributed by atoms with Gasteiger partial charge in [-0.25, -0.2) is 5.16 Å². The Morgan fingerprint density at radius 2 is 2.08 bits per heavy atom. The Labute approximate surface area is 73.3 Å². The predicted molar refractivity (Wildman–Crippen MR) is 44.9 cm³/mol. The van der Waals surface area contributed by atoms with Gasteiger partial charge in [0.25, 0.3) is 0 Å². The highest BCUT2D eigenvalue weighted by atomic mass is 32.1. The zero-order chi connectivity index (χ0) is 8.39. The van der Waals surface area contributed by atoms with Crippen molar-refractivity contribution in [3.63, 3.8) is 0 Å². The number of aromatic amines is 1. The summed E-state index contributed by atoms with van der Waals surface area (Å²) >= 11 is 4.71. The van der Waals surface area contributed by atoms with E-state index in [1.54, 1.807) is 12.4 Å². The highest BCUT2D eigenvalue weighted by Gasteiger charge is 1.99. The summed E-state index contributed by atoms with van der Waals surface area (Å²) in [5.74, 6) is 0.627. The highest BCUT2D eigenvalue weighted by Crippen LogP contribution is 2.11. The molecule has 12 heavy (non-hydrogen) atoms. The summed E-state index contributed by atoms with van der Waals surface area (Å²) in [7, 11) is 0. The van der Waals surface area contributed by atoms with Gasteiger partial charge in [0.1, 0.15) is 0 Å². The molecular formula is C7H5N3OS. The maximum Gasteiger partial charge on any atom is 0.314 e. The number of nitrogens with one attached hydrogen (secondary N) is 1. The number of nitrogens with zero attached hydrogens (tertiary/aromatic N) is 2. The van der Waals surface area contributed by atoms with Gasteiger partial charge in [0.15, 0.2) is 5.82 Å². The van der Waals surface area contributed by atoms with Crippen LogP contribution < -0.4 is 0 Å². The summed E-state index contributed by atoms with van der Waals surface area (Å²) in [5.41, 5.74) is 0.907. The van der Waals surface area contributed by atoms with Crippen molar-refractivity contribution in [2.45, 2.75) is 0 Å².